The van der Waals surface area contributed by atoms with E-state index in [1.165, 1.54) is 43.4 Å². The summed E-state index contributed by atoms with van der Waals surface area (Å²) >= 11 is 5.71. The molecule has 1 heterocycles. The molecule has 1 fully saturated rings. The zero-order chi connectivity index (χ0) is 23.6. The monoisotopic (exact) mass is 486 g/mol. The Bertz CT molecular complexity index is 1130. The molecule has 0 radical (unpaired) electrons. The van der Waals surface area contributed by atoms with Gasteiger partial charge in [-0.15, -0.1) is 0 Å². The number of hydrogen-bond donors (Lipinski definition) is 3. The van der Waals surface area contributed by atoms with Gasteiger partial charge >= 0.3 is 0 Å². The maximum absolute atomic E-state index is 13.3. The van der Waals surface area contributed by atoms with Crippen molar-refractivity contribution < 1.29 is 26.8 Å². The highest BCUT2D eigenvalue weighted by molar-refractivity contribution is 7.87. The lowest BCUT2D eigenvalue weighted by atomic mass is 10.0. The van der Waals surface area contributed by atoms with Crippen molar-refractivity contribution in [1.82, 2.24) is 14.3 Å². The first-order valence-corrected chi connectivity index (χ1v) is 11.4. The Balaban J connectivity index is 1.73. The minimum absolute atomic E-state index is 0.154. The van der Waals surface area contributed by atoms with Gasteiger partial charge in [0.1, 0.15) is 23.7 Å². The van der Waals surface area contributed by atoms with Gasteiger partial charge in [-0.2, -0.15) is 17.4 Å². The van der Waals surface area contributed by atoms with Crippen molar-refractivity contribution in [2.75, 3.05) is 12.4 Å². The SMILES string of the molecule is C[C@@H](NC(=O)C1CC(C(=O)Nc2ccc(F)c(Cl)c2)N(C)S(=O)(=O)N1)c1ccc(F)cc1. The van der Waals surface area contributed by atoms with Crippen molar-refractivity contribution in [3.8, 4) is 0 Å². The molecule has 2 aromatic carbocycles. The highest BCUT2D eigenvalue weighted by atomic mass is 35.5. The Kier molecular flexibility index (Phi) is 7.13. The van der Waals surface area contributed by atoms with E-state index in [2.05, 4.69) is 15.4 Å². The van der Waals surface area contributed by atoms with Crippen LogP contribution in [0, 0.1) is 11.6 Å². The largest absolute Gasteiger partial charge is 0.348 e. The number of rotatable bonds is 5. The second-order valence-corrected chi connectivity index (χ2v) is 9.51. The molecule has 32 heavy (non-hydrogen) atoms. The first-order chi connectivity index (χ1) is 15.0. The summed E-state index contributed by atoms with van der Waals surface area (Å²) in [5.74, 6) is -2.43. The predicted molar refractivity (Wildman–Crippen MR) is 115 cm³/mol. The highest BCUT2D eigenvalue weighted by Gasteiger charge is 2.43. The summed E-state index contributed by atoms with van der Waals surface area (Å²) in [6, 6.07) is 6.09. The van der Waals surface area contributed by atoms with Crippen LogP contribution in [0.2, 0.25) is 5.02 Å². The number of hydrogen-bond acceptors (Lipinski definition) is 4. The molecular formula is C20H21ClF2N4O4S. The molecule has 3 atom stereocenters. The summed E-state index contributed by atoms with van der Waals surface area (Å²) in [6.45, 7) is 1.66. The summed E-state index contributed by atoms with van der Waals surface area (Å²) in [7, 11) is -2.93. The van der Waals surface area contributed by atoms with Crippen LogP contribution in [-0.2, 0) is 19.8 Å². The molecule has 172 valence electrons. The molecule has 0 saturated carbocycles. The normalized spacial score (nSPS) is 21.5. The maximum Gasteiger partial charge on any atom is 0.280 e. The van der Waals surface area contributed by atoms with Gasteiger partial charge in [-0.05, 0) is 49.2 Å². The molecular weight excluding hydrogens is 466 g/mol. The van der Waals surface area contributed by atoms with Crippen LogP contribution in [0.4, 0.5) is 14.5 Å². The van der Waals surface area contributed by atoms with Gasteiger partial charge in [-0.1, -0.05) is 23.7 Å². The smallest absolute Gasteiger partial charge is 0.280 e. The number of halogens is 3. The number of likely N-dealkylation sites (N-methyl/N-ethyl adjacent to an activating group) is 1. The molecule has 1 saturated heterocycles. The molecule has 2 aromatic rings. The lowest BCUT2D eigenvalue weighted by molar-refractivity contribution is -0.125. The van der Waals surface area contributed by atoms with Gasteiger partial charge in [-0.25, -0.2) is 8.78 Å². The summed E-state index contributed by atoms with van der Waals surface area (Å²) in [5.41, 5.74) is 0.801. The first-order valence-electron chi connectivity index (χ1n) is 9.55. The van der Waals surface area contributed by atoms with Gasteiger partial charge in [0.05, 0.1) is 11.1 Å². The van der Waals surface area contributed by atoms with Crippen LogP contribution in [-0.4, -0.2) is 43.7 Å². The van der Waals surface area contributed by atoms with Crippen molar-refractivity contribution in [2.24, 2.45) is 0 Å². The summed E-state index contributed by atoms with van der Waals surface area (Å²) < 4.78 is 54.5. The quantitative estimate of drug-likeness (QED) is 0.603. The zero-order valence-corrected chi connectivity index (χ0v) is 18.7. The number of carbonyl (C=O) groups is 2. The molecule has 3 rings (SSSR count). The fraction of sp³-hybridized carbons (Fsp3) is 0.300. The second kappa shape index (κ2) is 9.49. The lowest BCUT2D eigenvalue weighted by Gasteiger charge is -2.35. The fourth-order valence-electron chi connectivity index (χ4n) is 3.23. The van der Waals surface area contributed by atoms with Gasteiger partial charge in [0.25, 0.3) is 10.2 Å². The molecule has 0 aliphatic carbocycles. The number of benzene rings is 2. The standard InChI is InChI=1S/C20H21ClF2N4O4S/c1-11(12-3-5-13(22)6-4-12)24-19(28)17-10-18(27(2)32(30,31)26-17)20(29)25-14-7-8-16(23)15(21)9-14/h3-9,11,17-18,26H,10H2,1-2H3,(H,24,28)(H,25,29)/t11-,17?,18?/m1/s1. The molecule has 0 aromatic heterocycles. The summed E-state index contributed by atoms with van der Waals surface area (Å²) in [4.78, 5) is 25.5. The summed E-state index contributed by atoms with van der Waals surface area (Å²) in [5, 5.41) is 4.94. The summed E-state index contributed by atoms with van der Waals surface area (Å²) in [6.07, 6.45) is -0.154. The van der Waals surface area contributed by atoms with Crippen molar-refractivity contribution in [2.45, 2.75) is 31.5 Å². The molecule has 3 N–H and O–H groups in total. The topological polar surface area (TPSA) is 108 Å². The van der Waals surface area contributed by atoms with Crippen molar-refractivity contribution >= 4 is 39.3 Å². The molecule has 2 unspecified atom stereocenters. The van der Waals surface area contributed by atoms with Gasteiger partial charge in [0.15, 0.2) is 0 Å². The average molecular weight is 487 g/mol. The maximum atomic E-state index is 13.3. The Labute approximate surface area is 189 Å². The molecule has 12 heteroatoms. The van der Waals surface area contributed by atoms with Crippen LogP contribution in [0.1, 0.15) is 24.9 Å². The van der Waals surface area contributed by atoms with Gasteiger partial charge in [0, 0.05) is 12.7 Å². The lowest BCUT2D eigenvalue weighted by Crippen LogP contribution is -2.62. The molecule has 8 nitrogen and oxygen atoms in total. The van der Waals surface area contributed by atoms with E-state index in [4.69, 9.17) is 11.6 Å². The van der Waals surface area contributed by atoms with E-state index in [1.807, 2.05) is 0 Å². The van der Waals surface area contributed by atoms with Crippen molar-refractivity contribution in [1.29, 1.82) is 0 Å². The molecule has 2 amide bonds. The van der Waals surface area contributed by atoms with Gasteiger partial charge in [0.2, 0.25) is 11.8 Å². The van der Waals surface area contributed by atoms with Gasteiger partial charge in [-0.3, -0.25) is 9.59 Å². The van der Waals surface area contributed by atoms with Crippen LogP contribution < -0.4 is 15.4 Å². The van der Waals surface area contributed by atoms with E-state index in [1.54, 1.807) is 6.92 Å². The van der Waals surface area contributed by atoms with Crippen LogP contribution in [0.15, 0.2) is 42.5 Å². The Morgan fingerprint density at radius 3 is 2.44 bits per heavy atom. The van der Waals surface area contributed by atoms with Crippen molar-refractivity contribution in [3.05, 3.63) is 64.7 Å². The molecule has 0 bridgehead atoms. The van der Waals surface area contributed by atoms with E-state index in [0.717, 1.165) is 10.4 Å². The number of anilines is 1. The van der Waals surface area contributed by atoms with E-state index >= 15 is 0 Å². The van der Waals surface area contributed by atoms with Crippen LogP contribution in [0.5, 0.6) is 0 Å². The second-order valence-electron chi connectivity index (χ2n) is 7.34. The molecule has 1 aliphatic heterocycles. The van der Waals surface area contributed by atoms with E-state index in [0.29, 0.717) is 5.56 Å². The number of nitrogens with one attached hydrogen (secondary N) is 3. The Morgan fingerprint density at radius 2 is 1.81 bits per heavy atom. The fourth-order valence-corrected chi connectivity index (χ4v) is 4.66. The van der Waals surface area contributed by atoms with E-state index in [-0.39, 0.29) is 17.1 Å². The third-order valence-corrected chi connectivity index (χ3v) is 6.99. The number of amides is 2. The highest BCUT2D eigenvalue weighted by Crippen LogP contribution is 2.23. The Morgan fingerprint density at radius 1 is 1.16 bits per heavy atom. The average Bonchev–Trinajstić information content (AvgIpc) is 2.72. The Hall–Kier alpha value is -2.60. The van der Waals surface area contributed by atoms with Crippen LogP contribution in [0.3, 0.4) is 0 Å². The minimum atomic E-state index is -4.14. The number of nitrogens with zero attached hydrogens (tertiary/aromatic N) is 1. The molecule has 1 aliphatic rings. The van der Waals surface area contributed by atoms with Crippen LogP contribution >= 0.6 is 11.6 Å². The third kappa shape index (κ3) is 5.41. The van der Waals surface area contributed by atoms with E-state index in [9.17, 15) is 26.8 Å². The van der Waals surface area contributed by atoms with Gasteiger partial charge < -0.3 is 10.6 Å². The predicted octanol–water partition coefficient (Wildman–Crippen LogP) is 2.34. The first kappa shape index (κ1) is 24.1. The minimum Gasteiger partial charge on any atom is -0.348 e. The third-order valence-electron chi connectivity index (χ3n) is 5.10. The van der Waals surface area contributed by atoms with Crippen LogP contribution in [0.25, 0.3) is 0 Å². The van der Waals surface area contributed by atoms with E-state index < -0.39 is 51.8 Å². The molecule has 0 spiro atoms. The number of carbonyl (C=O) groups excluding carboxylic acids is 2. The zero-order valence-electron chi connectivity index (χ0n) is 17.1. The van der Waals surface area contributed by atoms with Crippen molar-refractivity contribution in [3.63, 3.8) is 0 Å².